The van der Waals surface area contributed by atoms with Crippen LogP contribution in [0.1, 0.15) is 47.9 Å². The number of carbonyl (C=O) groups is 1. The fourth-order valence-electron chi connectivity index (χ4n) is 8.01. The fourth-order valence-corrected chi connectivity index (χ4v) is 8.01. The minimum absolute atomic E-state index is 0.108. The highest BCUT2D eigenvalue weighted by atomic mass is 19.1. The number of aromatic nitrogens is 5. The van der Waals surface area contributed by atoms with Gasteiger partial charge >= 0.3 is 6.01 Å². The SMILES string of the molecule is CCc1c(F)ccc2cc(O)cc(-c3ncc4c(NCc5cc(C(=O)N(C)C)n(CC6COC6)n5)nc(OC[C@@]56CCCN5C[C@H](F)C6)nc4c3F)c12. The van der Waals surface area contributed by atoms with E-state index < -0.39 is 23.3 Å². The molecule has 0 spiro atoms. The van der Waals surface area contributed by atoms with Gasteiger partial charge in [0.15, 0.2) is 5.82 Å². The molecule has 3 aliphatic rings. The molecule has 15 heteroatoms. The van der Waals surface area contributed by atoms with Crippen LogP contribution in [-0.2, 0) is 24.2 Å². The molecule has 5 aromatic rings. The number of halogens is 3. The molecule has 0 unspecified atom stereocenters. The zero-order chi connectivity index (χ0) is 37.0. The number of hydrogen-bond donors (Lipinski definition) is 2. The van der Waals surface area contributed by atoms with Crippen LogP contribution in [0.25, 0.3) is 32.9 Å². The summed E-state index contributed by atoms with van der Waals surface area (Å²) >= 11 is 0. The van der Waals surface area contributed by atoms with Gasteiger partial charge in [0.25, 0.3) is 5.91 Å². The van der Waals surface area contributed by atoms with E-state index in [9.17, 15) is 14.3 Å². The van der Waals surface area contributed by atoms with E-state index in [-0.39, 0.29) is 64.7 Å². The summed E-state index contributed by atoms with van der Waals surface area (Å²) in [6.45, 7) is 4.87. The van der Waals surface area contributed by atoms with E-state index >= 15 is 8.78 Å². The Labute approximate surface area is 303 Å². The number of benzene rings is 2. The smallest absolute Gasteiger partial charge is 0.319 e. The van der Waals surface area contributed by atoms with E-state index in [4.69, 9.17) is 14.6 Å². The Hall–Kier alpha value is -5.02. The molecule has 278 valence electrons. The molecule has 3 aromatic heterocycles. The minimum Gasteiger partial charge on any atom is -0.508 e. The third kappa shape index (κ3) is 6.39. The number of phenols is 1. The summed E-state index contributed by atoms with van der Waals surface area (Å²) in [6, 6.07) is 7.34. The van der Waals surface area contributed by atoms with Gasteiger partial charge in [0.1, 0.15) is 47.1 Å². The predicted octanol–water partition coefficient (Wildman–Crippen LogP) is 5.50. The maximum absolute atomic E-state index is 16.9. The third-order valence-electron chi connectivity index (χ3n) is 10.7. The van der Waals surface area contributed by atoms with Crippen molar-refractivity contribution in [3.05, 3.63) is 65.1 Å². The lowest BCUT2D eigenvalue weighted by molar-refractivity contribution is -0.0411. The molecule has 12 nitrogen and oxygen atoms in total. The molecule has 3 saturated heterocycles. The number of phenolic OH excluding ortho intramolecular Hbond substituents is 1. The number of pyridine rings is 1. The average molecular weight is 731 g/mol. The lowest BCUT2D eigenvalue weighted by atomic mass is 9.94. The van der Waals surface area contributed by atoms with Crippen LogP contribution in [0.2, 0.25) is 0 Å². The highest BCUT2D eigenvalue weighted by molar-refractivity contribution is 6.01. The lowest BCUT2D eigenvalue weighted by Gasteiger charge is -2.30. The molecule has 0 bridgehead atoms. The molecule has 6 heterocycles. The summed E-state index contributed by atoms with van der Waals surface area (Å²) in [5.41, 5.74) is 0.828. The van der Waals surface area contributed by atoms with E-state index in [0.717, 1.165) is 19.4 Å². The number of fused-ring (bicyclic) bond motifs is 3. The zero-order valence-electron chi connectivity index (χ0n) is 29.8. The van der Waals surface area contributed by atoms with Crippen molar-refractivity contribution in [2.45, 2.75) is 57.4 Å². The van der Waals surface area contributed by atoms with Crippen LogP contribution < -0.4 is 10.1 Å². The Balaban J connectivity index is 1.20. The van der Waals surface area contributed by atoms with Gasteiger partial charge in [0.05, 0.1) is 36.4 Å². The minimum atomic E-state index is -0.962. The van der Waals surface area contributed by atoms with Gasteiger partial charge in [0, 0.05) is 51.3 Å². The monoisotopic (exact) mass is 730 g/mol. The van der Waals surface area contributed by atoms with Gasteiger partial charge in [-0.2, -0.15) is 15.1 Å². The van der Waals surface area contributed by atoms with E-state index in [1.807, 2.05) is 0 Å². The molecule has 0 saturated carbocycles. The van der Waals surface area contributed by atoms with Crippen LogP contribution in [0, 0.1) is 17.6 Å². The van der Waals surface area contributed by atoms with Gasteiger partial charge in [-0.1, -0.05) is 13.0 Å². The first-order valence-electron chi connectivity index (χ1n) is 18.0. The van der Waals surface area contributed by atoms with Gasteiger partial charge < -0.3 is 24.8 Å². The van der Waals surface area contributed by atoms with E-state index in [0.29, 0.717) is 66.9 Å². The topological polar surface area (TPSA) is 131 Å². The molecular weight excluding hydrogens is 689 g/mol. The van der Waals surface area contributed by atoms with Crippen molar-refractivity contribution in [2.24, 2.45) is 5.92 Å². The second kappa shape index (κ2) is 13.8. The van der Waals surface area contributed by atoms with Crippen molar-refractivity contribution in [3.8, 4) is 23.0 Å². The van der Waals surface area contributed by atoms with Crippen molar-refractivity contribution in [2.75, 3.05) is 52.3 Å². The van der Waals surface area contributed by atoms with Crippen LogP contribution in [0.3, 0.4) is 0 Å². The first-order chi connectivity index (χ1) is 25.5. The number of rotatable bonds is 11. The van der Waals surface area contributed by atoms with Gasteiger partial charge in [-0.05, 0) is 66.4 Å². The predicted molar refractivity (Wildman–Crippen MR) is 192 cm³/mol. The number of aromatic hydroxyl groups is 1. The summed E-state index contributed by atoms with van der Waals surface area (Å²) in [6.07, 6.45) is 2.81. The molecule has 0 radical (unpaired) electrons. The van der Waals surface area contributed by atoms with Crippen LogP contribution in [0.15, 0.2) is 36.5 Å². The summed E-state index contributed by atoms with van der Waals surface area (Å²) in [4.78, 5) is 30.3. The first kappa shape index (κ1) is 35.0. The summed E-state index contributed by atoms with van der Waals surface area (Å²) < 4.78 is 59.7. The Morgan fingerprint density at radius 3 is 2.77 bits per heavy atom. The second-order valence-corrected chi connectivity index (χ2v) is 14.5. The zero-order valence-corrected chi connectivity index (χ0v) is 29.8. The Morgan fingerprint density at radius 1 is 1.19 bits per heavy atom. The number of anilines is 1. The summed E-state index contributed by atoms with van der Waals surface area (Å²) in [7, 11) is 3.36. The van der Waals surface area contributed by atoms with E-state index in [2.05, 4.69) is 25.2 Å². The number of carbonyl (C=O) groups excluding carboxylic acids is 1. The van der Waals surface area contributed by atoms with Crippen LogP contribution in [0.4, 0.5) is 19.0 Å². The quantitative estimate of drug-likeness (QED) is 0.180. The number of nitrogens with one attached hydrogen (secondary N) is 1. The van der Waals surface area contributed by atoms with E-state index in [1.54, 1.807) is 31.8 Å². The second-order valence-electron chi connectivity index (χ2n) is 14.5. The standard InChI is InChI=1S/C38H41F3N8O4/c1-4-26-29(40)7-6-22-10-25(50)12-27(31(22)26)33-32(41)34-28(15-42-33)35(45-37(44-34)53-20-38-8-5-9-48(38)17-23(39)13-38)43-14-24-11-30(36(51)47(2)3)49(46-24)16-21-18-52-19-21/h6-7,10-12,15,21,23,50H,4-5,8-9,13-14,16-20H2,1-3H3,(H,43,44,45)/t23-,38+/m1/s1. The van der Waals surface area contributed by atoms with Crippen LogP contribution in [-0.4, -0.2) is 104 Å². The van der Waals surface area contributed by atoms with Crippen molar-refractivity contribution < 1.29 is 32.5 Å². The molecule has 0 aliphatic carbocycles. The first-order valence-corrected chi connectivity index (χ1v) is 18.0. The number of amides is 1. The van der Waals surface area contributed by atoms with Gasteiger partial charge in [-0.3, -0.25) is 19.4 Å². The van der Waals surface area contributed by atoms with Gasteiger partial charge in [0.2, 0.25) is 0 Å². The lowest BCUT2D eigenvalue weighted by Crippen LogP contribution is -2.43. The summed E-state index contributed by atoms with van der Waals surface area (Å²) in [5, 5.41) is 19.8. The molecule has 53 heavy (non-hydrogen) atoms. The molecule has 3 fully saturated rings. The number of nitrogens with zero attached hydrogens (tertiary/aromatic N) is 7. The molecule has 3 aliphatic heterocycles. The maximum Gasteiger partial charge on any atom is 0.319 e. The van der Waals surface area contributed by atoms with Crippen molar-refractivity contribution in [1.82, 2.24) is 34.5 Å². The fraction of sp³-hybridized carbons (Fsp3) is 0.447. The maximum atomic E-state index is 16.9. The van der Waals surface area contributed by atoms with Crippen LogP contribution in [0.5, 0.6) is 11.8 Å². The molecule has 1 amide bonds. The normalized spacial score (nSPS) is 20.2. The largest absolute Gasteiger partial charge is 0.508 e. The van der Waals surface area contributed by atoms with E-state index in [1.165, 1.54) is 35.4 Å². The summed E-state index contributed by atoms with van der Waals surface area (Å²) in [5.74, 6) is -1.13. The molecule has 2 N–H and O–H groups in total. The Morgan fingerprint density at radius 2 is 2.02 bits per heavy atom. The third-order valence-corrected chi connectivity index (χ3v) is 10.7. The van der Waals surface area contributed by atoms with Crippen molar-refractivity contribution >= 4 is 33.4 Å². The number of hydrogen-bond acceptors (Lipinski definition) is 10. The van der Waals surface area contributed by atoms with Gasteiger partial charge in [-0.25, -0.2) is 13.2 Å². The molecular formula is C38H41F3N8O4. The van der Waals surface area contributed by atoms with Crippen LogP contribution >= 0.6 is 0 Å². The number of aryl methyl sites for hydroxylation is 1. The number of ether oxygens (including phenoxy) is 2. The molecule has 2 aromatic carbocycles. The molecule has 2 atom stereocenters. The number of alkyl halides is 1. The van der Waals surface area contributed by atoms with Crippen molar-refractivity contribution in [3.63, 3.8) is 0 Å². The van der Waals surface area contributed by atoms with Gasteiger partial charge in [-0.15, -0.1) is 0 Å². The highest BCUT2D eigenvalue weighted by Gasteiger charge is 2.49. The van der Waals surface area contributed by atoms with Crippen molar-refractivity contribution in [1.29, 1.82) is 0 Å². The highest BCUT2D eigenvalue weighted by Crippen LogP contribution is 2.41. The Kier molecular flexibility index (Phi) is 9.09. The Bertz CT molecular complexity index is 2230. The molecule has 8 rings (SSSR count). The average Bonchev–Trinajstić information content (AvgIpc) is 3.79.